The summed E-state index contributed by atoms with van der Waals surface area (Å²) < 4.78 is 40.5. The molecule has 5 nitrogen and oxygen atoms in total. The summed E-state index contributed by atoms with van der Waals surface area (Å²) in [6.45, 7) is 6.18. The molecule has 1 amide bonds. The fraction of sp³-hybridized carbons (Fsp3) is 0.350. The highest BCUT2D eigenvalue weighted by Crippen LogP contribution is 2.21. The lowest BCUT2D eigenvalue weighted by Gasteiger charge is -2.19. The van der Waals surface area contributed by atoms with Gasteiger partial charge in [-0.15, -0.1) is 0 Å². The largest absolute Gasteiger partial charge is 0.351 e. The Kier molecular flexibility index (Phi) is 7.10. The van der Waals surface area contributed by atoms with Crippen molar-refractivity contribution in [2.75, 3.05) is 19.6 Å². The van der Waals surface area contributed by atoms with Gasteiger partial charge in [-0.05, 0) is 29.7 Å². The zero-order valence-corrected chi connectivity index (χ0v) is 16.6. The first-order valence-electron chi connectivity index (χ1n) is 8.94. The van der Waals surface area contributed by atoms with Crippen LogP contribution in [0.5, 0.6) is 0 Å². The first-order valence-corrected chi connectivity index (χ1v) is 10.4. The van der Waals surface area contributed by atoms with Gasteiger partial charge in [0.25, 0.3) is 5.91 Å². The van der Waals surface area contributed by atoms with Crippen molar-refractivity contribution >= 4 is 15.9 Å². The van der Waals surface area contributed by atoms with E-state index in [2.05, 4.69) is 5.32 Å². The third-order valence-electron chi connectivity index (χ3n) is 4.45. The van der Waals surface area contributed by atoms with Crippen molar-refractivity contribution in [1.29, 1.82) is 0 Å². The molecule has 0 spiro atoms. The van der Waals surface area contributed by atoms with E-state index in [4.69, 9.17) is 0 Å². The average Bonchev–Trinajstić information content (AvgIpc) is 2.67. The lowest BCUT2D eigenvalue weighted by Crippen LogP contribution is -2.32. The van der Waals surface area contributed by atoms with Gasteiger partial charge in [-0.1, -0.05) is 51.1 Å². The molecule has 0 saturated heterocycles. The molecule has 0 saturated carbocycles. The zero-order valence-electron chi connectivity index (χ0n) is 15.8. The van der Waals surface area contributed by atoms with Gasteiger partial charge in [0, 0.05) is 25.2 Å². The predicted octanol–water partition coefficient (Wildman–Crippen LogP) is 3.39. The van der Waals surface area contributed by atoms with Crippen LogP contribution in [-0.2, 0) is 10.0 Å². The fourth-order valence-electron chi connectivity index (χ4n) is 2.79. The highest BCUT2D eigenvalue weighted by molar-refractivity contribution is 7.89. The van der Waals surface area contributed by atoms with Gasteiger partial charge in [-0.25, -0.2) is 12.8 Å². The molecule has 0 radical (unpaired) electrons. The Labute approximate surface area is 160 Å². The molecule has 27 heavy (non-hydrogen) atoms. The average molecular weight is 392 g/mol. The summed E-state index contributed by atoms with van der Waals surface area (Å²) in [7, 11) is -3.98. The number of rotatable bonds is 8. The van der Waals surface area contributed by atoms with Crippen LogP contribution in [0.25, 0.3) is 0 Å². The molecule has 146 valence electrons. The van der Waals surface area contributed by atoms with Gasteiger partial charge in [0.15, 0.2) is 0 Å². The first kappa shape index (κ1) is 21.1. The van der Waals surface area contributed by atoms with Crippen molar-refractivity contribution in [2.45, 2.75) is 31.6 Å². The third kappa shape index (κ3) is 4.93. The number of carbonyl (C=O) groups is 1. The van der Waals surface area contributed by atoms with Crippen molar-refractivity contribution in [3.63, 3.8) is 0 Å². The third-order valence-corrected chi connectivity index (χ3v) is 6.52. The summed E-state index contributed by atoms with van der Waals surface area (Å²) in [4.78, 5) is 12.0. The Hall–Kier alpha value is -2.25. The molecular weight excluding hydrogens is 367 g/mol. The number of amides is 1. The van der Waals surface area contributed by atoms with E-state index in [1.807, 2.05) is 37.3 Å². The molecule has 0 aliphatic heterocycles. The van der Waals surface area contributed by atoms with Gasteiger partial charge in [0.05, 0.1) is 0 Å². The molecule has 2 aromatic carbocycles. The molecule has 7 heteroatoms. The van der Waals surface area contributed by atoms with E-state index < -0.39 is 26.6 Å². The lowest BCUT2D eigenvalue weighted by molar-refractivity contribution is 0.0951. The molecule has 1 atom stereocenters. The van der Waals surface area contributed by atoms with Gasteiger partial charge in [-0.2, -0.15) is 4.31 Å². The topological polar surface area (TPSA) is 66.5 Å². The number of sulfonamides is 1. The van der Waals surface area contributed by atoms with E-state index in [1.54, 1.807) is 13.8 Å². The number of nitrogens with one attached hydrogen (secondary N) is 1. The summed E-state index contributed by atoms with van der Waals surface area (Å²) in [5.41, 5.74) is 1.20. The quantitative estimate of drug-likeness (QED) is 0.749. The lowest BCUT2D eigenvalue weighted by atomic mass is 10.0. The van der Waals surface area contributed by atoms with Gasteiger partial charge in [0.1, 0.15) is 10.7 Å². The fourth-order valence-corrected chi connectivity index (χ4v) is 4.34. The molecule has 2 aromatic rings. The maximum absolute atomic E-state index is 14.2. The Morgan fingerprint density at radius 3 is 2.33 bits per heavy atom. The summed E-state index contributed by atoms with van der Waals surface area (Å²) in [5, 5.41) is 2.78. The predicted molar refractivity (Wildman–Crippen MR) is 104 cm³/mol. The SMILES string of the molecule is CCN(CC)S(=O)(=O)c1cc(C(=O)NC[C@@H](C)c2ccccc2)ccc1F. The molecule has 0 aliphatic carbocycles. The Bertz CT molecular complexity index is 881. The van der Waals surface area contributed by atoms with Crippen molar-refractivity contribution in [3.8, 4) is 0 Å². The van der Waals surface area contributed by atoms with Crippen LogP contribution in [-0.4, -0.2) is 38.3 Å². The van der Waals surface area contributed by atoms with E-state index in [0.717, 1.165) is 22.0 Å². The number of carbonyl (C=O) groups excluding carboxylic acids is 1. The number of nitrogens with zero attached hydrogens (tertiary/aromatic N) is 1. The van der Waals surface area contributed by atoms with Crippen molar-refractivity contribution < 1.29 is 17.6 Å². The molecule has 1 N–H and O–H groups in total. The van der Waals surface area contributed by atoms with Crippen molar-refractivity contribution in [1.82, 2.24) is 9.62 Å². The molecule has 0 fully saturated rings. The minimum Gasteiger partial charge on any atom is -0.351 e. The Morgan fingerprint density at radius 2 is 1.74 bits per heavy atom. The molecule has 0 unspecified atom stereocenters. The van der Waals surface area contributed by atoms with E-state index in [1.165, 1.54) is 6.07 Å². The van der Waals surface area contributed by atoms with E-state index >= 15 is 0 Å². The zero-order chi connectivity index (χ0) is 20.0. The summed E-state index contributed by atoms with van der Waals surface area (Å²) in [5.74, 6) is -1.21. The monoisotopic (exact) mass is 392 g/mol. The van der Waals surface area contributed by atoms with Crippen LogP contribution < -0.4 is 5.32 Å². The Balaban J connectivity index is 2.18. The molecule has 0 heterocycles. The van der Waals surface area contributed by atoms with Crippen LogP contribution in [0.3, 0.4) is 0 Å². The second kappa shape index (κ2) is 9.10. The van der Waals surface area contributed by atoms with Gasteiger partial charge < -0.3 is 5.32 Å². The second-order valence-electron chi connectivity index (χ2n) is 6.26. The molecule has 0 aliphatic rings. The molecule has 0 bridgehead atoms. The maximum Gasteiger partial charge on any atom is 0.251 e. The highest BCUT2D eigenvalue weighted by atomic mass is 32.2. The van der Waals surface area contributed by atoms with Gasteiger partial charge in [0.2, 0.25) is 10.0 Å². The minimum atomic E-state index is -3.98. The maximum atomic E-state index is 14.2. The molecule has 2 rings (SSSR count). The van der Waals surface area contributed by atoms with Crippen molar-refractivity contribution in [3.05, 3.63) is 65.5 Å². The highest BCUT2D eigenvalue weighted by Gasteiger charge is 2.26. The van der Waals surface area contributed by atoms with Crippen molar-refractivity contribution in [2.24, 2.45) is 0 Å². The summed E-state index contributed by atoms with van der Waals surface area (Å²) >= 11 is 0. The second-order valence-corrected chi connectivity index (χ2v) is 8.16. The van der Waals surface area contributed by atoms with E-state index in [0.29, 0.717) is 6.54 Å². The van der Waals surface area contributed by atoms with Gasteiger partial charge in [-0.3, -0.25) is 4.79 Å². The van der Waals surface area contributed by atoms with Crippen LogP contribution in [0.15, 0.2) is 53.4 Å². The van der Waals surface area contributed by atoms with Crippen LogP contribution in [0.2, 0.25) is 0 Å². The van der Waals surface area contributed by atoms with Crippen LogP contribution in [0, 0.1) is 5.82 Å². The smallest absolute Gasteiger partial charge is 0.251 e. The summed E-state index contributed by atoms with van der Waals surface area (Å²) in [6, 6.07) is 13.1. The first-order chi connectivity index (χ1) is 12.8. The molecule has 0 aromatic heterocycles. The van der Waals surface area contributed by atoms with E-state index in [-0.39, 0.29) is 24.6 Å². The van der Waals surface area contributed by atoms with Crippen LogP contribution >= 0.6 is 0 Å². The number of hydrogen-bond donors (Lipinski definition) is 1. The van der Waals surface area contributed by atoms with Crippen LogP contribution in [0.1, 0.15) is 42.6 Å². The normalized spacial score (nSPS) is 12.8. The number of benzene rings is 2. The minimum absolute atomic E-state index is 0.0921. The van der Waals surface area contributed by atoms with E-state index in [9.17, 15) is 17.6 Å². The van der Waals surface area contributed by atoms with Gasteiger partial charge >= 0.3 is 0 Å². The standard InChI is InChI=1S/C20H25FN2O3S/c1-4-23(5-2)27(25,26)19-13-17(11-12-18(19)21)20(24)22-14-15(3)16-9-7-6-8-10-16/h6-13,15H,4-5,14H2,1-3H3,(H,22,24)/t15-/m1/s1. The number of halogens is 1. The van der Waals surface area contributed by atoms with Crippen LogP contribution in [0.4, 0.5) is 4.39 Å². The molecular formula is C20H25FN2O3S. The number of hydrogen-bond acceptors (Lipinski definition) is 3. The Morgan fingerprint density at radius 1 is 1.11 bits per heavy atom. The summed E-state index contributed by atoms with van der Waals surface area (Å²) in [6.07, 6.45) is 0.